The predicted octanol–water partition coefficient (Wildman–Crippen LogP) is 3.37. The Morgan fingerprint density at radius 2 is 1.66 bits per heavy atom. The van der Waals surface area contributed by atoms with E-state index in [0.29, 0.717) is 6.54 Å². The molecule has 0 spiro atoms. The van der Waals surface area contributed by atoms with E-state index in [9.17, 15) is 14.7 Å². The lowest BCUT2D eigenvalue weighted by atomic mass is 9.73. The molecule has 6 nitrogen and oxygen atoms in total. The lowest BCUT2D eigenvalue weighted by Gasteiger charge is -2.58. The highest BCUT2D eigenvalue weighted by atomic mass is 16.3. The van der Waals surface area contributed by atoms with E-state index in [-0.39, 0.29) is 49.1 Å². The smallest absolute Gasteiger partial charge is 0.318 e. The summed E-state index contributed by atoms with van der Waals surface area (Å²) in [5.74, 6) is -0.0460. The molecule has 0 radical (unpaired) electrons. The molecule has 2 aromatic rings. The first-order chi connectivity index (χ1) is 15.7. The van der Waals surface area contributed by atoms with E-state index in [0.717, 1.165) is 42.4 Å². The first-order valence-corrected chi connectivity index (χ1v) is 11.8. The second kappa shape index (κ2) is 8.94. The number of rotatable bonds is 4. The van der Waals surface area contributed by atoms with Gasteiger partial charge in [-0.15, -0.1) is 0 Å². The molecule has 2 saturated heterocycles. The van der Waals surface area contributed by atoms with Crippen LogP contribution in [0.2, 0.25) is 0 Å². The van der Waals surface area contributed by atoms with Gasteiger partial charge >= 0.3 is 6.03 Å². The molecule has 2 heterocycles. The Morgan fingerprint density at radius 3 is 2.34 bits per heavy atom. The van der Waals surface area contributed by atoms with Crippen molar-refractivity contribution in [1.82, 2.24) is 15.1 Å². The van der Waals surface area contributed by atoms with E-state index in [1.165, 1.54) is 6.42 Å². The average Bonchev–Trinajstić information content (AvgIpc) is 2.82. The molecule has 168 valence electrons. The van der Waals surface area contributed by atoms with E-state index < -0.39 is 0 Å². The van der Waals surface area contributed by atoms with Gasteiger partial charge in [0.1, 0.15) is 6.54 Å². The molecule has 0 aromatic heterocycles. The van der Waals surface area contributed by atoms with Gasteiger partial charge in [0, 0.05) is 18.5 Å². The number of piperazine rings is 1. The van der Waals surface area contributed by atoms with Crippen molar-refractivity contribution < 1.29 is 14.7 Å². The normalized spacial score (nSPS) is 25.8. The number of benzene rings is 2. The molecule has 6 heteroatoms. The summed E-state index contributed by atoms with van der Waals surface area (Å²) in [5, 5.41) is 13.2. The van der Waals surface area contributed by atoms with Crippen molar-refractivity contribution in [3.05, 3.63) is 60.2 Å². The number of carbonyl (C=O) groups excluding carboxylic acids is 2. The van der Waals surface area contributed by atoms with Gasteiger partial charge in [0.15, 0.2) is 0 Å². The van der Waals surface area contributed by atoms with E-state index >= 15 is 0 Å². The second-order valence-electron chi connectivity index (χ2n) is 9.30. The van der Waals surface area contributed by atoms with Crippen molar-refractivity contribution in [3.8, 4) is 11.1 Å². The number of hydrogen-bond acceptors (Lipinski definition) is 3. The van der Waals surface area contributed by atoms with Crippen molar-refractivity contribution in [2.45, 2.75) is 56.1 Å². The van der Waals surface area contributed by atoms with Crippen molar-refractivity contribution >= 4 is 11.9 Å². The van der Waals surface area contributed by atoms with Gasteiger partial charge in [-0.2, -0.15) is 0 Å². The summed E-state index contributed by atoms with van der Waals surface area (Å²) in [6.07, 6.45) is 5.58. The number of amides is 3. The van der Waals surface area contributed by atoms with Gasteiger partial charge in [-0.05, 0) is 29.5 Å². The highest BCUT2D eigenvalue weighted by molar-refractivity contribution is 5.87. The Morgan fingerprint density at radius 1 is 0.969 bits per heavy atom. The minimum Gasteiger partial charge on any atom is -0.394 e. The van der Waals surface area contributed by atoms with Crippen molar-refractivity contribution in [3.63, 3.8) is 0 Å². The van der Waals surface area contributed by atoms with Crippen LogP contribution in [0.1, 0.15) is 43.6 Å². The topological polar surface area (TPSA) is 72.9 Å². The van der Waals surface area contributed by atoms with Crippen LogP contribution < -0.4 is 5.32 Å². The molecule has 5 rings (SSSR count). The molecule has 32 heavy (non-hydrogen) atoms. The van der Waals surface area contributed by atoms with Gasteiger partial charge in [0.25, 0.3) is 0 Å². The Bertz CT molecular complexity index is 956. The molecule has 0 bridgehead atoms. The highest BCUT2D eigenvalue weighted by Gasteiger charge is 2.54. The first kappa shape index (κ1) is 21.0. The van der Waals surface area contributed by atoms with Gasteiger partial charge in [0.05, 0.1) is 18.7 Å². The monoisotopic (exact) mass is 433 g/mol. The minimum absolute atomic E-state index is 0.0269. The highest BCUT2D eigenvalue weighted by Crippen LogP contribution is 2.43. The number of aliphatic hydroxyl groups is 1. The second-order valence-corrected chi connectivity index (χ2v) is 9.30. The zero-order valence-corrected chi connectivity index (χ0v) is 18.3. The standard InChI is InChI=1S/C26H31N3O3/c30-17-23-25(20-13-11-19(12-14-20)18-7-3-1-4-8-18)22-15-28(16-24(31)29(22)23)26(32)27-21-9-5-2-6-10-21/h1,3-4,7-8,11-14,21-23,25,30H,2,5-6,9-10,15-17H2,(H,27,32)/t22-,23+,25-/m1/s1. The summed E-state index contributed by atoms with van der Waals surface area (Å²) in [5.41, 5.74) is 3.40. The van der Waals surface area contributed by atoms with E-state index in [2.05, 4.69) is 41.7 Å². The summed E-state index contributed by atoms with van der Waals surface area (Å²) < 4.78 is 0. The lowest BCUT2D eigenvalue weighted by molar-refractivity contribution is -0.159. The van der Waals surface area contributed by atoms with Crippen LogP contribution in [0.5, 0.6) is 0 Å². The Labute approximate surface area is 189 Å². The summed E-state index contributed by atoms with van der Waals surface area (Å²) in [4.78, 5) is 29.2. The van der Waals surface area contributed by atoms with Crippen molar-refractivity contribution in [2.75, 3.05) is 19.7 Å². The maximum absolute atomic E-state index is 12.9. The molecule has 3 fully saturated rings. The summed E-state index contributed by atoms with van der Waals surface area (Å²) in [7, 11) is 0. The van der Waals surface area contributed by atoms with Crippen molar-refractivity contribution in [1.29, 1.82) is 0 Å². The van der Waals surface area contributed by atoms with Crippen molar-refractivity contribution in [2.24, 2.45) is 0 Å². The molecule has 2 N–H and O–H groups in total. The number of hydrogen-bond donors (Lipinski definition) is 2. The third-order valence-corrected chi connectivity index (χ3v) is 7.37. The summed E-state index contributed by atoms with van der Waals surface area (Å²) in [6.45, 7) is 0.527. The fraction of sp³-hybridized carbons (Fsp3) is 0.462. The van der Waals surface area contributed by atoms with Gasteiger partial charge in [0.2, 0.25) is 5.91 Å². The SMILES string of the molecule is O=C(NC1CCCCC1)N1CC(=O)N2[C@H](C1)[C@@H](c1ccc(-c3ccccc3)cc1)[C@@H]2CO. The molecule has 1 aliphatic carbocycles. The lowest BCUT2D eigenvalue weighted by Crippen LogP contribution is -2.74. The Balaban J connectivity index is 1.31. The number of nitrogens with zero attached hydrogens (tertiary/aromatic N) is 2. The minimum atomic E-state index is -0.223. The molecule has 2 aromatic carbocycles. The van der Waals surface area contributed by atoms with Gasteiger partial charge in [-0.1, -0.05) is 73.9 Å². The Kier molecular flexibility index (Phi) is 5.87. The van der Waals surface area contributed by atoms with E-state index in [4.69, 9.17) is 0 Å². The molecule has 2 aliphatic heterocycles. The van der Waals surface area contributed by atoms with Crippen LogP contribution in [-0.2, 0) is 4.79 Å². The van der Waals surface area contributed by atoms with Crippen LogP contribution in [0.15, 0.2) is 54.6 Å². The first-order valence-electron chi connectivity index (χ1n) is 11.8. The molecular weight excluding hydrogens is 402 g/mol. The zero-order valence-electron chi connectivity index (χ0n) is 18.3. The zero-order chi connectivity index (χ0) is 22.1. The Hall–Kier alpha value is -2.86. The molecule has 0 unspecified atom stereocenters. The molecule has 3 aliphatic rings. The quantitative estimate of drug-likeness (QED) is 0.777. The average molecular weight is 434 g/mol. The molecular formula is C26H31N3O3. The number of aliphatic hydroxyl groups excluding tert-OH is 1. The molecule has 1 saturated carbocycles. The maximum atomic E-state index is 12.9. The van der Waals surface area contributed by atoms with E-state index in [1.807, 2.05) is 18.2 Å². The fourth-order valence-electron chi connectivity index (χ4n) is 5.70. The molecule has 3 amide bonds. The maximum Gasteiger partial charge on any atom is 0.318 e. The van der Waals surface area contributed by atoms with Crippen LogP contribution in [0.3, 0.4) is 0 Å². The molecule has 3 atom stereocenters. The third kappa shape index (κ3) is 3.88. The predicted molar refractivity (Wildman–Crippen MR) is 123 cm³/mol. The van der Waals surface area contributed by atoms with Crippen LogP contribution in [-0.4, -0.2) is 64.7 Å². The van der Waals surface area contributed by atoms with Crippen LogP contribution in [0, 0.1) is 0 Å². The number of carbonyl (C=O) groups is 2. The van der Waals surface area contributed by atoms with Crippen LogP contribution in [0.4, 0.5) is 4.79 Å². The van der Waals surface area contributed by atoms with Gasteiger partial charge < -0.3 is 20.2 Å². The number of urea groups is 1. The number of fused-ring (bicyclic) bond motifs is 1. The summed E-state index contributed by atoms with van der Waals surface area (Å²) >= 11 is 0. The fourth-order valence-corrected chi connectivity index (χ4v) is 5.70. The van der Waals surface area contributed by atoms with E-state index in [1.54, 1.807) is 9.80 Å². The number of nitrogens with one attached hydrogen (secondary N) is 1. The third-order valence-electron chi connectivity index (χ3n) is 7.37. The summed E-state index contributed by atoms with van der Waals surface area (Å²) in [6, 6.07) is 18.4. The van der Waals surface area contributed by atoms with Gasteiger partial charge in [-0.25, -0.2) is 4.79 Å². The largest absolute Gasteiger partial charge is 0.394 e. The van der Waals surface area contributed by atoms with Gasteiger partial charge in [-0.3, -0.25) is 4.79 Å². The van der Waals surface area contributed by atoms with Crippen LogP contribution >= 0.6 is 0 Å². The van der Waals surface area contributed by atoms with Crippen LogP contribution in [0.25, 0.3) is 11.1 Å².